The fourth-order valence-corrected chi connectivity index (χ4v) is 2.09. The Kier molecular flexibility index (Phi) is 3.48. The molecule has 0 amide bonds. The topological polar surface area (TPSA) is 99.9 Å². The highest BCUT2D eigenvalue weighted by Gasteiger charge is 2.11. The summed E-state index contributed by atoms with van der Waals surface area (Å²) in [6.45, 7) is 0. The Hall–Kier alpha value is -2.93. The van der Waals surface area contributed by atoms with Crippen molar-refractivity contribution in [3.8, 4) is 16.9 Å². The molecule has 8 heteroatoms. The second-order valence-corrected chi connectivity index (χ2v) is 4.97. The van der Waals surface area contributed by atoms with Crippen LogP contribution in [0.15, 0.2) is 48.7 Å². The van der Waals surface area contributed by atoms with Gasteiger partial charge in [0.15, 0.2) is 0 Å². The quantitative estimate of drug-likeness (QED) is 0.455. The number of benzene rings is 2. The summed E-state index contributed by atoms with van der Waals surface area (Å²) in [5.74, 6) is 0. The number of non-ortho nitro benzene ring substituents is 1. The summed E-state index contributed by atoms with van der Waals surface area (Å²) in [7, 11) is 0. The molecule has 2 N–H and O–H groups in total. The minimum atomic E-state index is -0.451. The van der Waals surface area contributed by atoms with Gasteiger partial charge in [0.2, 0.25) is 0 Å². The summed E-state index contributed by atoms with van der Waals surface area (Å²) < 4.78 is 1.53. The molecule has 0 aliphatic heterocycles. The van der Waals surface area contributed by atoms with Gasteiger partial charge in [0.05, 0.1) is 27.5 Å². The molecule has 0 saturated heterocycles. The van der Waals surface area contributed by atoms with E-state index in [0.29, 0.717) is 27.7 Å². The van der Waals surface area contributed by atoms with Crippen molar-refractivity contribution in [2.75, 3.05) is 5.73 Å². The molecule has 0 radical (unpaired) electrons. The third-order valence-electron chi connectivity index (χ3n) is 3.09. The molecule has 0 saturated carbocycles. The molecule has 110 valence electrons. The molecule has 1 aromatic heterocycles. The molecule has 0 aliphatic rings. The maximum absolute atomic E-state index is 10.8. The highest BCUT2D eigenvalue weighted by molar-refractivity contribution is 6.33. The number of anilines is 1. The molecule has 0 fully saturated rings. The zero-order chi connectivity index (χ0) is 15.7. The Balaban J connectivity index is 1.98. The lowest BCUT2D eigenvalue weighted by Crippen LogP contribution is -1.96. The molecule has 1 heterocycles. The fraction of sp³-hybridized carbons (Fsp3) is 0. The van der Waals surface area contributed by atoms with Crippen molar-refractivity contribution in [2.45, 2.75) is 0 Å². The zero-order valence-corrected chi connectivity index (χ0v) is 11.9. The Labute approximate surface area is 130 Å². The van der Waals surface area contributed by atoms with Gasteiger partial charge in [-0.1, -0.05) is 28.9 Å². The van der Waals surface area contributed by atoms with Crippen molar-refractivity contribution in [1.82, 2.24) is 15.0 Å². The number of nitro benzene ring substituents is 1. The zero-order valence-electron chi connectivity index (χ0n) is 11.2. The molecule has 0 unspecified atom stereocenters. The number of rotatable bonds is 3. The van der Waals surface area contributed by atoms with E-state index in [4.69, 9.17) is 17.3 Å². The van der Waals surface area contributed by atoms with Gasteiger partial charge in [-0.3, -0.25) is 10.1 Å². The van der Waals surface area contributed by atoms with Crippen molar-refractivity contribution < 1.29 is 4.92 Å². The summed E-state index contributed by atoms with van der Waals surface area (Å²) in [5.41, 5.74) is 8.04. The van der Waals surface area contributed by atoms with E-state index in [1.165, 1.54) is 16.8 Å². The van der Waals surface area contributed by atoms with E-state index in [0.717, 1.165) is 0 Å². The van der Waals surface area contributed by atoms with Crippen LogP contribution in [0.2, 0.25) is 5.02 Å². The SMILES string of the molecule is Nc1cc(-n2cc(-c3cccc([N+](=O)[O-])c3)nn2)ccc1Cl. The summed E-state index contributed by atoms with van der Waals surface area (Å²) in [6, 6.07) is 11.3. The maximum atomic E-state index is 10.8. The van der Waals surface area contributed by atoms with Gasteiger partial charge in [-0.2, -0.15) is 0 Å². The average Bonchev–Trinajstić information content (AvgIpc) is 3.00. The first-order valence-corrected chi connectivity index (χ1v) is 6.65. The maximum Gasteiger partial charge on any atom is 0.270 e. The van der Waals surface area contributed by atoms with Gasteiger partial charge < -0.3 is 5.73 Å². The number of hydrogen-bond acceptors (Lipinski definition) is 5. The van der Waals surface area contributed by atoms with Crippen LogP contribution in [0.3, 0.4) is 0 Å². The Morgan fingerprint density at radius 3 is 2.77 bits per heavy atom. The van der Waals surface area contributed by atoms with E-state index in [9.17, 15) is 10.1 Å². The molecule has 3 aromatic rings. The molecule has 0 bridgehead atoms. The normalized spacial score (nSPS) is 10.6. The molecular weight excluding hydrogens is 306 g/mol. The van der Waals surface area contributed by atoms with E-state index in [2.05, 4.69) is 10.3 Å². The molecule has 3 rings (SSSR count). The number of nitrogen functional groups attached to an aromatic ring is 1. The predicted molar refractivity (Wildman–Crippen MR) is 82.9 cm³/mol. The standard InChI is InChI=1S/C14H10ClN5O2/c15-12-5-4-10(7-13(12)16)19-8-14(17-18-19)9-2-1-3-11(6-9)20(21)22/h1-8H,16H2. The molecular formula is C14H10ClN5O2. The van der Waals surface area contributed by atoms with Crippen LogP contribution in [0.1, 0.15) is 0 Å². The van der Waals surface area contributed by atoms with Gasteiger partial charge in [-0.05, 0) is 18.2 Å². The lowest BCUT2D eigenvalue weighted by molar-refractivity contribution is -0.384. The van der Waals surface area contributed by atoms with Crippen molar-refractivity contribution in [3.63, 3.8) is 0 Å². The number of nitrogens with zero attached hydrogens (tertiary/aromatic N) is 4. The predicted octanol–water partition coefficient (Wildman–Crippen LogP) is 3.08. The van der Waals surface area contributed by atoms with Crippen molar-refractivity contribution in [3.05, 3.63) is 63.8 Å². The van der Waals surface area contributed by atoms with Gasteiger partial charge in [-0.15, -0.1) is 5.10 Å². The van der Waals surface area contributed by atoms with E-state index >= 15 is 0 Å². The first-order chi connectivity index (χ1) is 10.5. The van der Waals surface area contributed by atoms with Crippen LogP contribution in [0.5, 0.6) is 0 Å². The molecule has 7 nitrogen and oxygen atoms in total. The van der Waals surface area contributed by atoms with Crippen molar-refractivity contribution >= 4 is 23.0 Å². The molecule has 0 aliphatic carbocycles. The van der Waals surface area contributed by atoms with E-state index in [1.807, 2.05) is 0 Å². The second kappa shape index (κ2) is 5.45. The van der Waals surface area contributed by atoms with Gasteiger partial charge in [0.1, 0.15) is 5.69 Å². The van der Waals surface area contributed by atoms with Crippen LogP contribution in [0, 0.1) is 10.1 Å². The third kappa shape index (κ3) is 2.61. The summed E-state index contributed by atoms with van der Waals surface area (Å²) in [5, 5.41) is 19.3. The highest BCUT2D eigenvalue weighted by Crippen LogP contribution is 2.24. The fourth-order valence-electron chi connectivity index (χ4n) is 1.97. The Bertz CT molecular complexity index is 862. The van der Waals surface area contributed by atoms with E-state index in [1.54, 1.807) is 36.5 Å². The first kappa shape index (κ1) is 14.0. The average molecular weight is 316 g/mol. The number of hydrogen-bond donors (Lipinski definition) is 1. The third-order valence-corrected chi connectivity index (χ3v) is 3.43. The van der Waals surface area contributed by atoms with Gasteiger partial charge >= 0.3 is 0 Å². The summed E-state index contributed by atoms with van der Waals surface area (Å²) >= 11 is 5.88. The van der Waals surface area contributed by atoms with E-state index < -0.39 is 4.92 Å². The molecule has 0 spiro atoms. The smallest absolute Gasteiger partial charge is 0.270 e. The lowest BCUT2D eigenvalue weighted by Gasteiger charge is -2.02. The van der Waals surface area contributed by atoms with Crippen molar-refractivity contribution in [2.24, 2.45) is 0 Å². The first-order valence-electron chi connectivity index (χ1n) is 6.27. The van der Waals surface area contributed by atoms with Crippen LogP contribution in [-0.4, -0.2) is 19.9 Å². The largest absolute Gasteiger partial charge is 0.397 e. The monoisotopic (exact) mass is 315 g/mol. The minimum Gasteiger partial charge on any atom is -0.397 e. The highest BCUT2D eigenvalue weighted by atomic mass is 35.5. The van der Waals surface area contributed by atoms with Crippen LogP contribution >= 0.6 is 11.6 Å². The number of aromatic nitrogens is 3. The number of nitrogens with two attached hydrogens (primary N) is 1. The van der Waals surface area contributed by atoms with Crippen LogP contribution < -0.4 is 5.73 Å². The van der Waals surface area contributed by atoms with Crippen LogP contribution in [0.4, 0.5) is 11.4 Å². The molecule has 0 atom stereocenters. The van der Waals surface area contributed by atoms with Crippen LogP contribution in [-0.2, 0) is 0 Å². The summed E-state index contributed by atoms with van der Waals surface area (Å²) in [4.78, 5) is 10.4. The molecule has 2 aromatic carbocycles. The van der Waals surface area contributed by atoms with Gasteiger partial charge in [0, 0.05) is 17.7 Å². The minimum absolute atomic E-state index is 0.00258. The van der Waals surface area contributed by atoms with E-state index in [-0.39, 0.29) is 5.69 Å². The molecule has 22 heavy (non-hydrogen) atoms. The Morgan fingerprint density at radius 1 is 1.23 bits per heavy atom. The summed E-state index contributed by atoms with van der Waals surface area (Å²) in [6.07, 6.45) is 1.67. The number of nitro groups is 1. The Morgan fingerprint density at radius 2 is 2.05 bits per heavy atom. The van der Waals surface area contributed by atoms with Crippen LogP contribution in [0.25, 0.3) is 16.9 Å². The van der Waals surface area contributed by atoms with Gasteiger partial charge in [-0.25, -0.2) is 4.68 Å². The second-order valence-electron chi connectivity index (χ2n) is 4.56. The van der Waals surface area contributed by atoms with Crippen molar-refractivity contribution in [1.29, 1.82) is 0 Å². The number of halogens is 1. The van der Waals surface area contributed by atoms with Gasteiger partial charge in [0.25, 0.3) is 5.69 Å². The lowest BCUT2D eigenvalue weighted by atomic mass is 10.1.